The number of carbonyl (C=O) groups excluding carboxylic acids is 1. The maximum absolute atomic E-state index is 11.9. The summed E-state index contributed by atoms with van der Waals surface area (Å²) in [5.74, 6) is -1.08. The van der Waals surface area contributed by atoms with Crippen LogP contribution in [0.1, 0.15) is 31.9 Å². The molecule has 0 saturated carbocycles. The summed E-state index contributed by atoms with van der Waals surface area (Å²) in [5.41, 5.74) is 1.49. The predicted octanol–water partition coefficient (Wildman–Crippen LogP) is 1.60. The van der Waals surface area contributed by atoms with E-state index in [-0.39, 0.29) is 6.61 Å². The van der Waals surface area contributed by atoms with Gasteiger partial charge < -0.3 is 14.3 Å². The van der Waals surface area contributed by atoms with Crippen molar-refractivity contribution in [1.82, 2.24) is 4.57 Å². The van der Waals surface area contributed by atoms with Gasteiger partial charge in [-0.05, 0) is 31.0 Å². The summed E-state index contributed by atoms with van der Waals surface area (Å²) in [5, 5.41) is 9.07. The normalized spacial score (nSPS) is 12.6. The molecule has 1 heterocycles. The second kappa shape index (κ2) is 5.92. The molecule has 0 aliphatic rings. The number of oxazole rings is 1. The van der Waals surface area contributed by atoms with E-state index in [9.17, 15) is 9.59 Å². The third kappa shape index (κ3) is 2.60. The number of aromatic nitrogens is 1. The molecule has 0 bridgehead atoms. The van der Waals surface area contributed by atoms with Crippen molar-refractivity contribution in [3.63, 3.8) is 0 Å². The molecule has 0 fully saturated rings. The Kier molecular flexibility index (Phi) is 4.24. The SMILES string of the molecule is CCCOC(=O)C(C)n1c(=O)oc2cc(CO)ccc21. The molecule has 0 radical (unpaired) electrons. The van der Waals surface area contributed by atoms with Gasteiger partial charge in [-0.25, -0.2) is 9.59 Å². The first-order valence-electron chi connectivity index (χ1n) is 6.50. The maximum atomic E-state index is 11.9. The Morgan fingerprint density at radius 1 is 1.50 bits per heavy atom. The summed E-state index contributed by atoms with van der Waals surface area (Å²) in [4.78, 5) is 23.7. The molecule has 1 N–H and O–H groups in total. The molecule has 0 amide bonds. The molecule has 108 valence electrons. The second-order valence-electron chi connectivity index (χ2n) is 4.54. The van der Waals surface area contributed by atoms with Crippen LogP contribution in [-0.4, -0.2) is 22.2 Å². The molecule has 0 spiro atoms. The number of hydrogen-bond acceptors (Lipinski definition) is 5. The van der Waals surface area contributed by atoms with E-state index < -0.39 is 17.8 Å². The second-order valence-corrected chi connectivity index (χ2v) is 4.54. The number of rotatable bonds is 5. The van der Waals surface area contributed by atoms with Gasteiger partial charge in [0, 0.05) is 0 Å². The van der Waals surface area contributed by atoms with Crippen molar-refractivity contribution in [2.75, 3.05) is 6.61 Å². The summed E-state index contributed by atoms with van der Waals surface area (Å²) in [6, 6.07) is 4.15. The van der Waals surface area contributed by atoms with Crippen LogP contribution in [0, 0.1) is 0 Å². The monoisotopic (exact) mass is 279 g/mol. The fraction of sp³-hybridized carbons (Fsp3) is 0.429. The van der Waals surface area contributed by atoms with Gasteiger partial charge in [0.2, 0.25) is 0 Å². The number of hydrogen-bond donors (Lipinski definition) is 1. The average Bonchev–Trinajstić information content (AvgIpc) is 2.78. The fourth-order valence-electron chi connectivity index (χ4n) is 1.97. The van der Waals surface area contributed by atoms with Crippen molar-refractivity contribution in [3.05, 3.63) is 34.3 Å². The third-order valence-electron chi connectivity index (χ3n) is 3.04. The lowest BCUT2D eigenvalue weighted by Crippen LogP contribution is -2.26. The molecule has 20 heavy (non-hydrogen) atoms. The van der Waals surface area contributed by atoms with E-state index in [0.29, 0.717) is 23.3 Å². The highest BCUT2D eigenvalue weighted by atomic mass is 16.5. The lowest BCUT2D eigenvalue weighted by atomic mass is 10.2. The average molecular weight is 279 g/mol. The lowest BCUT2D eigenvalue weighted by Gasteiger charge is -2.11. The van der Waals surface area contributed by atoms with E-state index in [1.807, 2.05) is 6.92 Å². The van der Waals surface area contributed by atoms with Crippen LogP contribution >= 0.6 is 0 Å². The summed E-state index contributed by atoms with van der Waals surface area (Å²) >= 11 is 0. The van der Waals surface area contributed by atoms with Crippen LogP contribution < -0.4 is 5.76 Å². The summed E-state index contributed by atoms with van der Waals surface area (Å²) in [7, 11) is 0. The van der Waals surface area contributed by atoms with Crippen LogP contribution in [0.2, 0.25) is 0 Å². The molecule has 1 aromatic carbocycles. The number of fused-ring (bicyclic) bond motifs is 1. The van der Waals surface area contributed by atoms with Gasteiger partial charge in [0.25, 0.3) is 0 Å². The molecule has 1 atom stereocenters. The Bertz CT molecular complexity index is 670. The van der Waals surface area contributed by atoms with E-state index in [1.54, 1.807) is 25.1 Å². The first kappa shape index (κ1) is 14.3. The highest BCUT2D eigenvalue weighted by molar-refractivity contribution is 5.79. The third-order valence-corrected chi connectivity index (χ3v) is 3.04. The van der Waals surface area contributed by atoms with Crippen molar-refractivity contribution < 1.29 is 19.1 Å². The number of nitrogens with zero attached hydrogens (tertiary/aromatic N) is 1. The molecule has 0 saturated heterocycles. The minimum atomic E-state index is -0.754. The molecule has 0 aliphatic carbocycles. The minimum Gasteiger partial charge on any atom is -0.464 e. The first-order valence-corrected chi connectivity index (χ1v) is 6.50. The number of ether oxygens (including phenoxy) is 1. The quantitative estimate of drug-likeness (QED) is 0.841. The number of esters is 1. The zero-order valence-corrected chi connectivity index (χ0v) is 11.5. The van der Waals surface area contributed by atoms with Crippen molar-refractivity contribution >= 4 is 17.1 Å². The summed E-state index contributed by atoms with van der Waals surface area (Å²) in [6.07, 6.45) is 0.722. The Morgan fingerprint density at radius 3 is 2.90 bits per heavy atom. The van der Waals surface area contributed by atoms with Gasteiger partial charge in [-0.3, -0.25) is 4.57 Å². The van der Waals surface area contributed by atoms with Crippen molar-refractivity contribution in [3.8, 4) is 0 Å². The standard InChI is InChI=1S/C14H17NO5/c1-3-6-19-13(17)9(2)15-11-5-4-10(8-16)7-12(11)20-14(15)18/h4-5,7,9,16H,3,6,8H2,1-2H3. The summed E-state index contributed by atoms with van der Waals surface area (Å²) < 4.78 is 11.4. The van der Waals surface area contributed by atoms with Gasteiger partial charge in [0.1, 0.15) is 6.04 Å². The molecular formula is C14H17NO5. The molecule has 6 heteroatoms. The van der Waals surface area contributed by atoms with Crippen LogP contribution in [0.25, 0.3) is 11.1 Å². The van der Waals surface area contributed by atoms with Crippen LogP contribution in [0.15, 0.2) is 27.4 Å². The van der Waals surface area contributed by atoms with Gasteiger partial charge in [0.15, 0.2) is 5.58 Å². The van der Waals surface area contributed by atoms with Crippen molar-refractivity contribution in [2.45, 2.75) is 32.9 Å². The van der Waals surface area contributed by atoms with Gasteiger partial charge in [-0.2, -0.15) is 0 Å². The Morgan fingerprint density at radius 2 is 2.25 bits per heavy atom. The topological polar surface area (TPSA) is 81.7 Å². The van der Waals surface area contributed by atoms with Crippen LogP contribution in [0.4, 0.5) is 0 Å². The van der Waals surface area contributed by atoms with Crippen LogP contribution in [-0.2, 0) is 16.1 Å². The zero-order valence-electron chi connectivity index (χ0n) is 11.5. The van der Waals surface area contributed by atoms with Gasteiger partial charge in [0.05, 0.1) is 18.7 Å². The van der Waals surface area contributed by atoms with E-state index >= 15 is 0 Å². The molecule has 6 nitrogen and oxygen atoms in total. The van der Waals surface area contributed by atoms with E-state index in [1.165, 1.54) is 4.57 Å². The number of aliphatic hydroxyl groups excluding tert-OH is 1. The first-order chi connectivity index (χ1) is 9.58. The van der Waals surface area contributed by atoms with E-state index in [4.69, 9.17) is 14.3 Å². The molecule has 1 aromatic heterocycles. The summed E-state index contributed by atoms with van der Waals surface area (Å²) in [6.45, 7) is 3.67. The highest BCUT2D eigenvalue weighted by Crippen LogP contribution is 2.19. The Labute approximate surface area is 115 Å². The van der Waals surface area contributed by atoms with Gasteiger partial charge in [-0.1, -0.05) is 13.0 Å². The molecule has 1 unspecified atom stereocenters. The van der Waals surface area contributed by atoms with Gasteiger partial charge in [-0.15, -0.1) is 0 Å². The fourth-order valence-corrected chi connectivity index (χ4v) is 1.97. The zero-order chi connectivity index (χ0) is 14.7. The van der Waals surface area contributed by atoms with Crippen LogP contribution in [0.5, 0.6) is 0 Å². The number of carbonyl (C=O) groups is 1. The van der Waals surface area contributed by atoms with Gasteiger partial charge >= 0.3 is 11.7 Å². The molecule has 2 rings (SSSR count). The maximum Gasteiger partial charge on any atom is 0.420 e. The number of benzene rings is 1. The Hall–Kier alpha value is -2.08. The minimum absolute atomic E-state index is 0.140. The van der Waals surface area contributed by atoms with Crippen molar-refractivity contribution in [2.24, 2.45) is 0 Å². The highest BCUT2D eigenvalue weighted by Gasteiger charge is 2.22. The predicted molar refractivity (Wildman–Crippen MR) is 72.4 cm³/mol. The van der Waals surface area contributed by atoms with E-state index in [2.05, 4.69) is 0 Å². The molecular weight excluding hydrogens is 262 g/mol. The lowest BCUT2D eigenvalue weighted by molar-refractivity contribution is -0.147. The van der Waals surface area contributed by atoms with Crippen molar-refractivity contribution in [1.29, 1.82) is 0 Å². The smallest absolute Gasteiger partial charge is 0.420 e. The van der Waals surface area contributed by atoms with E-state index in [0.717, 1.165) is 6.42 Å². The number of aliphatic hydroxyl groups is 1. The Balaban J connectivity index is 2.41. The largest absolute Gasteiger partial charge is 0.464 e. The van der Waals surface area contributed by atoms with Crippen LogP contribution in [0.3, 0.4) is 0 Å². The molecule has 0 aliphatic heterocycles. The molecule has 2 aromatic rings.